The van der Waals surface area contributed by atoms with Crippen molar-refractivity contribution in [2.75, 3.05) is 23.9 Å². The number of rotatable bonds is 4. The number of aryl methyl sites for hydroxylation is 1. The molecule has 0 saturated carbocycles. The molecule has 0 spiro atoms. The van der Waals surface area contributed by atoms with E-state index in [-0.39, 0.29) is 11.8 Å². The average molecular weight is 338 g/mol. The number of ether oxygens (including phenoxy) is 1. The fourth-order valence-electron chi connectivity index (χ4n) is 3.07. The Balaban J connectivity index is 1.84. The predicted octanol–water partition coefficient (Wildman–Crippen LogP) is 3.64. The Kier molecular flexibility index (Phi) is 5.03. The molecular formula is C20H22N2O3. The van der Waals surface area contributed by atoms with Crippen molar-refractivity contribution in [3.63, 3.8) is 0 Å². The van der Waals surface area contributed by atoms with Crippen LogP contribution < -0.4 is 15.0 Å². The van der Waals surface area contributed by atoms with Crippen LogP contribution in [0.2, 0.25) is 0 Å². The van der Waals surface area contributed by atoms with Gasteiger partial charge >= 0.3 is 0 Å². The quantitative estimate of drug-likeness (QED) is 0.926. The zero-order chi connectivity index (χ0) is 17.8. The third kappa shape index (κ3) is 3.65. The Morgan fingerprint density at radius 3 is 2.80 bits per heavy atom. The zero-order valence-electron chi connectivity index (χ0n) is 14.5. The molecule has 3 rings (SSSR count). The van der Waals surface area contributed by atoms with E-state index in [0.29, 0.717) is 23.4 Å². The molecule has 0 saturated heterocycles. The number of fused-ring (bicyclic) bond motifs is 1. The van der Waals surface area contributed by atoms with E-state index in [9.17, 15) is 9.59 Å². The lowest BCUT2D eigenvalue weighted by atomic mass is 10.0. The Morgan fingerprint density at radius 2 is 2.04 bits per heavy atom. The van der Waals surface area contributed by atoms with Gasteiger partial charge in [-0.3, -0.25) is 9.59 Å². The first-order valence-corrected chi connectivity index (χ1v) is 8.51. The van der Waals surface area contributed by atoms with E-state index >= 15 is 0 Å². The number of carbonyl (C=O) groups excluding carboxylic acids is 2. The smallest absolute Gasteiger partial charge is 0.255 e. The van der Waals surface area contributed by atoms with E-state index in [1.807, 2.05) is 30.0 Å². The lowest BCUT2D eigenvalue weighted by Gasteiger charge is -2.29. The third-order valence-electron chi connectivity index (χ3n) is 4.40. The molecule has 5 nitrogen and oxygen atoms in total. The second kappa shape index (κ2) is 7.38. The van der Waals surface area contributed by atoms with Crippen LogP contribution in [-0.2, 0) is 11.2 Å². The summed E-state index contributed by atoms with van der Waals surface area (Å²) in [6, 6.07) is 12.8. The van der Waals surface area contributed by atoms with Gasteiger partial charge in [0.2, 0.25) is 5.91 Å². The van der Waals surface area contributed by atoms with Crippen LogP contribution in [0.15, 0.2) is 42.5 Å². The number of nitrogens with zero attached hydrogens (tertiary/aromatic N) is 1. The number of carbonyl (C=O) groups is 2. The van der Waals surface area contributed by atoms with Gasteiger partial charge in [0.05, 0.1) is 7.11 Å². The van der Waals surface area contributed by atoms with Crippen LogP contribution in [0.1, 0.15) is 35.7 Å². The molecule has 2 aromatic rings. The highest BCUT2D eigenvalue weighted by atomic mass is 16.5. The summed E-state index contributed by atoms with van der Waals surface area (Å²) in [6.07, 6.45) is 2.39. The van der Waals surface area contributed by atoms with Crippen molar-refractivity contribution < 1.29 is 14.3 Å². The molecule has 1 aliphatic heterocycles. The number of hydrogen-bond acceptors (Lipinski definition) is 3. The number of amides is 2. The maximum atomic E-state index is 12.5. The minimum absolute atomic E-state index is 0.109. The highest BCUT2D eigenvalue weighted by Gasteiger charge is 2.22. The molecule has 2 amide bonds. The summed E-state index contributed by atoms with van der Waals surface area (Å²) >= 11 is 0. The topological polar surface area (TPSA) is 58.6 Å². The maximum Gasteiger partial charge on any atom is 0.255 e. The Hall–Kier alpha value is -2.82. The van der Waals surface area contributed by atoms with Crippen LogP contribution >= 0.6 is 0 Å². The highest BCUT2D eigenvalue weighted by molar-refractivity contribution is 6.05. The van der Waals surface area contributed by atoms with Gasteiger partial charge in [-0.25, -0.2) is 0 Å². The molecule has 0 aromatic heterocycles. The molecule has 25 heavy (non-hydrogen) atoms. The molecule has 0 aliphatic carbocycles. The monoisotopic (exact) mass is 338 g/mol. The first-order chi connectivity index (χ1) is 12.1. The number of benzene rings is 2. The molecule has 0 fully saturated rings. The molecular weight excluding hydrogens is 316 g/mol. The van der Waals surface area contributed by atoms with E-state index in [2.05, 4.69) is 5.32 Å². The van der Waals surface area contributed by atoms with Crippen LogP contribution in [-0.4, -0.2) is 25.5 Å². The van der Waals surface area contributed by atoms with Crippen LogP contribution in [0.4, 0.5) is 11.4 Å². The summed E-state index contributed by atoms with van der Waals surface area (Å²) in [5, 5.41) is 2.90. The minimum Gasteiger partial charge on any atom is -0.497 e. The Labute approximate surface area is 147 Å². The number of hydrogen-bond donors (Lipinski definition) is 1. The largest absolute Gasteiger partial charge is 0.497 e. The van der Waals surface area contributed by atoms with Gasteiger partial charge in [0.25, 0.3) is 5.91 Å². The van der Waals surface area contributed by atoms with Crippen LogP contribution in [0, 0.1) is 0 Å². The van der Waals surface area contributed by atoms with Gasteiger partial charge in [0.1, 0.15) is 5.75 Å². The Morgan fingerprint density at radius 1 is 1.20 bits per heavy atom. The fourth-order valence-corrected chi connectivity index (χ4v) is 3.07. The lowest BCUT2D eigenvalue weighted by molar-refractivity contribution is -0.118. The van der Waals surface area contributed by atoms with Crippen LogP contribution in [0.5, 0.6) is 5.75 Å². The van der Waals surface area contributed by atoms with Crippen molar-refractivity contribution in [1.82, 2.24) is 0 Å². The van der Waals surface area contributed by atoms with Gasteiger partial charge in [-0.05, 0) is 48.7 Å². The van der Waals surface area contributed by atoms with Crippen molar-refractivity contribution in [2.45, 2.75) is 26.2 Å². The summed E-state index contributed by atoms with van der Waals surface area (Å²) in [4.78, 5) is 26.5. The van der Waals surface area contributed by atoms with Crippen LogP contribution in [0.3, 0.4) is 0 Å². The standard InChI is InChI=1S/C20H22N2O3/c1-3-19(23)22-11-5-7-14-9-10-16(13-18(14)22)21-20(24)15-6-4-8-17(12-15)25-2/h4,6,8-10,12-13H,3,5,7,11H2,1-2H3,(H,21,24). The first-order valence-electron chi connectivity index (χ1n) is 8.51. The molecule has 1 aliphatic rings. The summed E-state index contributed by atoms with van der Waals surface area (Å²) in [5.74, 6) is 0.540. The molecule has 2 aromatic carbocycles. The van der Waals surface area contributed by atoms with E-state index < -0.39 is 0 Å². The van der Waals surface area contributed by atoms with Gasteiger partial charge in [0, 0.05) is 29.9 Å². The van der Waals surface area contributed by atoms with E-state index in [0.717, 1.165) is 30.6 Å². The lowest BCUT2D eigenvalue weighted by Crippen LogP contribution is -2.35. The van der Waals surface area contributed by atoms with E-state index in [1.165, 1.54) is 0 Å². The van der Waals surface area contributed by atoms with Crippen molar-refractivity contribution in [3.05, 3.63) is 53.6 Å². The van der Waals surface area contributed by atoms with Gasteiger partial charge in [0.15, 0.2) is 0 Å². The highest BCUT2D eigenvalue weighted by Crippen LogP contribution is 2.30. The summed E-state index contributed by atoms with van der Waals surface area (Å²) in [7, 11) is 1.57. The molecule has 0 bridgehead atoms. The van der Waals surface area contributed by atoms with Gasteiger partial charge in [-0.2, -0.15) is 0 Å². The molecule has 0 unspecified atom stereocenters. The van der Waals surface area contributed by atoms with Crippen molar-refractivity contribution in [3.8, 4) is 5.75 Å². The average Bonchev–Trinajstić information content (AvgIpc) is 2.66. The second-order valence-corrected chi connectivity index (χ2v) is 6.03. The predicted molar refractivity (Wildman–Crippen MR) is 98.4 cm³/mol. The normalized spacial score (nSPS) is 13.1. The second-order valence-electron chi connectivity index (χ2n) is 6.03. The van der Waals surface area contributed by atoms with Crippen molar-refractivity contribution >= 4 is 23.2 Å². The molecule has 130 valence electrons. The number of anilines is 2. The fraction of sp³-hybridized carbons (Fsp3) is 0.300. The summed E-state index contributed by atoms with van der Waals surface area (Å²) < 4.78 is 5.16. The molecule has 0 atom stereocenters. The minimum atomic E-state index is -0.206. The number of nitrogens with one attached hydrogen (secondary N) is 1. The first kappa shape index (κ1) is 17.0. The molecule has 0 radical (unpaired) electrons. The van der Waals surface area contributed by atoms with E-state index in [4.69, 9.17) is 4.74 Å². The number of methoxy groups -OCH3 is 1. The summed E-state index contributed by atoms with van der Waals surface area (Å²) in [5.41, 5.74) is 3.26. The van der Waals surface area contributed by atoms with Crippen molar-refractivity contribution in [2.24, 2.45) is 0 Å². The van der Waals surface area contributed by atoms with Crippen LogP contribution in [0.25, 0.3) is 0 Å². The SMILES string of the molecule is CCC(=O)N1CCCc2ccc(NC(=O)c3cccc(OC)c3)cc21. The van der Waals surface area contributed by atoms with Crippen molar-refractivity contribution in [1.29, 1.82) is 0 Å². The Bertz CT molecular complexity index is 801. The van der Waals surface area contributed by atoms with Gasteiger partial charge in [-0.1, -0.05) is 19.1 Å². The van der Waals surface area contributed by atoms with Gasteiger partial charge in [-0.15, -0.1) is 0 Å². The molecule has 1 heterocycles. The van der Waals surface area contributed by atoms with Gasteiger partial charge < -0.3 is 15.0 Å². The zero-order valence-corrected chi connectivity index (χ0v) is 14.5. The molecule has 1 N–H and O–H groups in total. The third-order valence-corrected chi connectivity index (χ3v) is 4.40. The summed E-state index contributed by atoms with van der Waals surface area (Å²) in [6.45, 7) is 2.60. The van der Waals surface area contributed by atoms with E-state index in [1.54, 1.807) is 31.4 Å². The maximum absolute atomic E-state index is 12.5. The molecule has 5 heteroatoms.